The molecule has 0 radical (unpaired) electrons. The van der Waals surface area contributed by atoms with E-state index in [1.54, 1.807) is 26.0 Å². The predicted molar refractivity (Wildman–Crippen MR) is 114 cm³/mol. The minimum Gasteiger partial charge on any atom is -0.468 e. The van der Waals surface area contributed by atoms with E-state index in [4.69, 9.17) is 13.9 Å². The highest BCUT2D eigenvalue weighted by molar-refractivity contribution is 5.99. The van der Waals surface area contributed by atoms with Gasteiger partial charge in [0.05, 0.1) is 37.0 Å². The van der Waals surface area contributed by atoms with Crippen molar-refractivity contribution < 1.29 is 23.5 Å². The molecule has 0 saturated heterocycles. The molecule has 162 valence electrons. The van der Waals surface area contributed by atoms with E-state index in [0.717, 1.165) is 6.54 Å². The van der Waals surface area contributed by atoms with Gasteiger partial charge in [0, 0.05) is 30.4 Å². The Kier molecular flexibility index (Phi) is 5.95. The van der Waals surface area contributed by atoms with E-state index < -0.39 is 17.9 Å². The van der Waals surface area contributed by atoms with Gasteiger partial charge in [0.1, 0.15) is 5.76 Å². The van der Waals surface area contributed by atoms with Crippen molar-refractivity contribution >= 4 is 11.9 Å². The van der Waals surface area contributed by atoms with Crippen molar-refractivity contribution in [3.8, 4) is 0 Å². The quantitative estimate of drug-likeness (QED) is 0.689. The Morgan fingerprint density at radius 3 is 2.52 bits per heavy atom. The van der Waals surface area contributed by atoms with Gasteiger partial charge in [-0.25, -0.2) is 9.59 Å². The lowest BCUT2D eigenvalue weighted by molar-refractivity contribution is -0.139. The summed E-state index contributed by atoms with van der Waals surface area (Å²) in [6.07, 6.45) is 2.18. The molecule has 31 heavy (non-hydrogen) atoms. The number of hydrogen-bond donors (Lipinski definition) is 2. The number of esters is 2. The van der Waals surface area contributed by atoms with Crippen LogP contribution in [0.5, 0.6) is 0 Å². The van der Waals surface area contributed by atoms with E-state index >= 15 is 0 Å². The first-order valence-electron chi connectivity index (χ1n) is 10.3. The summed E-state index contributed by atoms with van der Waals surface area (Å²) in [5.74, 6) is -1.21. The molecular weight excluding hydrogens is 396 g/mol. The van der Waals surface area contributed by atoms with Crippen LogP contribution in [0.1, 0.15) is 49.1 Å². The Morgan fingerprint density at radius 1 is 1.06 bits per heavy atom. The van der Waals surface area contributed by atoms with Crippen LogP contribution in [0.25, 0.3) is 0 Å². The molecule has 4 rings (SSSR count). The Bertz CT molecular complexity index is 1050. The van der Waals surface area contributed by atoms with Crippen molar-refractivity contribution in [3.63, 3.8) is 0 Å². The number of carbonyl (C=O) groups excluding carboxylic acids is 2. The van der Waals surface area contributed by atoms with Gasteiger partial charge in [0.2, 0.25) is 0 Å². The summed E-state index contributed by atoms with van der Waals surface area (Å²) in [5, 5.41) is 6.57. The van der Waals surface area contributed by atoms with Crippen LogP contribution in [0.2, 0.25) is 0 Å². The molecule has 0 spiro atoms. The van der Waals surface area contributed by atoms with Crippen molar-refractivity contribution in [1.29, 1.82) is 0 Å². The number of carbonyl (C=O) groups is 2. The lowest BCUT2D eigenvalue weighted by Crippen LogP contribution is -2.32. The third-order valence-electron chi connectivity index (χ3n) is 5.82. The molecule has 2 aliphatic rings. The number of allylic oxidation sites excluding steroid dienone is 2. The van der Waals surface area contributed by atoms with Gasteiger partial charge in [-0.1, -0.05) is 24.3 Å². The number of methoxy groups -OCH3 is 1. The molecule has 0 bridgehead atoms. The zero-order chi connectivity index (χ0) is 22.0. The zero-order valence-corrected chi connectivity index (χ0v) is 17.9. The summed E-state index contributed by atoms with van der Waals surface area (Å²) < 4.78 is 16.2. The number of dihydropyridines is 1. The number of hydrogen-bond acceptors (Lipinski definition) is 7. The molecular formula is C24H26N2O5. The summed E-state index contributed by atoms with van der Waals surface area (Å²) in [7, 11) is 1.32. The Morgan fingerprint density at radius 2 is 1.81 bits per heavy atom. The standard InChI is InChI=1S/C24H26N2O5/c1-14-20(23(27)29-3)22(19-9-6-11-30-19)21(15(2)26-14)24(28)31-12-10-18-17-8-5-4-7-16(17)13-25-18/h4-9,11,18,22,25-26H,10,12-13H2,1-3H3. The number of nitrogens with one attached hydrogen (secondary N) is 2. The first-order chi connectivity index (χ1) is 15.0. The second-order valence-corrected chi connectivity index (χ2v) is 7.70. The van der Waals surface area contributed by atoms with E-state index in [0.29, 0.717) is 34.7 Å². The molecule has 7 nitrogen and oxygen atoms in total. The summed E-state index contributed by atoms with van der Waals surface area (Å²) in [6.45, 7) is 4.63. The van der Waals surface area contributed by atoms with Crippen LogP contribution in [0.3, 0.4) is 0 Å². The first-order valence-corrected chi connectivity index (χ1v) is 10.3. The predicted octanol–water partition coefficient (Wildman–Crippen LogP) is 3.47. The van der Waals surface area contributed by atoms with E-state index in [-0.39, 0.29) is 12.6 Å². The van der Waals surface area contributed by atoms with Crippen molar-refractivity contribution in [2.24, 2.45) is 0 Å². The summed E-state index contributed by atoms with van der Waals surface area (Å²) in [6, 6.07) is 11.9. The third-order valence-corrected chi connectivity index (χ3v) is 5.82. The largest absolute Gasteiger partial charge is 0.468 e. The van der Waals surface area contributed by atoms with E-state index in [9.17, 15) is 9.59 Å². The van der Waals surface area contributed by atoms with Crippen molar-refractivity contribution in [2.75, 3.05) is 13.7 Å². The third kappa shape index (κ3) is 4.01. The monoisotopic (exact) mass is 422 g/mol. The van der Waals surface area contributed by atoms with Crippen molar-refractivity contribution in [2.45, 2.75) is 38.8 Å². The fourth-order valence-electron chi connectivity index (χ4n) is 4.37. The van der Waals surface area contributed by atoms with Crippen LogP contribution in [-0.2, 0) is 25.6 Å². The lowest BCUT2D eigenvalue weighted by atomic mass is 9.83. The van der Waals surface area contributed by atoms with Crippen molar-refractivity contribution in [3.05, 3.63) is 82.1 Å². The maximum atomic E-state index is 13.1. The number of furan rings is 1. The van der Waals surface area contributed by atoms with Gasteiger partial charge in [-0.3, -0.25) is 0 Å². The van der Waals surface area contributed by atoms with Gasteiger partial charge < -0.3 is 24.5 Å². The zero-order valence-electron chi connectivity index (χ0n) is 17.9. The van der Waals surface area contributed by atoms with Gasteiger partial charge in [-0.2, -0.15) is 0 Å². The van der Waals surface area contributed by atoms with Crippen LogP contribution in [0.4, 0.5) is 0 Å². The van der Waals surface area contributed by atoms with Gasteiger partial charge in [-0.15, -0.1) is 0 Å². The molecule has 2 N–H and O–H groups in total. The molecule has 2 aromatic rings. The highest BCUT2D eigenvalue weighted by Crippen LogP contribution is 2.39. The fourth-order valence-corrected chi connectivity index (χ4v) is 4.37. The molecule has 0 saturated carbocycles. The summed E-state index contributed by atoms with van der Waals surface area (Å²) in [4.78, 5) is 25.7. The Balaban J connectivity index is 1.52. The molecule has 2 aliphatic heterocycles. The fraction of sp³-hybridized carbons (Fsp3) is 0.333. The first kappa shape index (κ1) is 20.9. The van der Waals surface area contributed by atoms with Crippen LogP contribution >= 0.6 is 0 Å². The number of fused-ring (bicyclic) bond motifs is 1. The van der Waals surface area contributed by atoms with Crippen LogP contribution in [0.15, 0.2) is 69.6 Å². The van der Waals surface area contributed by atoms with Crippen LogP contribution < -0.4 is 10.6 Å². The molecule has 7 heteroatoms. The minimum absolute atomic E-state index is 0.150. The Labute approximate surface area is 181 Å². The molecule has 0 amide bonds. The highest BCUT2D eigenvalue weighted by Gasteiger charge is 2.39. The SMILES string of the molecule is COC(=O)C1=C(C)NC(C)=C(C(=O)OCCC2NCc3ccccc32)C1c1ccco1. The second-order valence-electron chi connectivity index (χ2n) is 7.70. The lowest BCUT2D eigenvalue weighted by Gasteiger charge is -2.28. The molecule has 2 atom stereocenters. The molecule has 0 aliphatic carbocycles. The van der Waals surface area contributed by atoms with Gasteiger partial charge >= 0.3 is 11.9 Å². The normalized spacial score (nSPS) is 20.4. The number of benzene rings is 1. The number of ether oxygens (including phenoxy) is 2. The van der Waals surface area contributed by atoms with Gasteiger partial charge in [-0.05, 0) is 37.1 Å². The molecule has 0 fully saturated rings. The summed E-state index contributed by atoms with van der Waals surface area (Å²) in [5.41, 5.74) is 4.44. The molecule has 1 aromatic heterocycles. The van der Waals surface area contributed by atoms with E-state index in [1.807, 2.05) is 12.1 Å². The molecule has 3 heterocycles. The van der Waals surface area contributed by atoms with Gasteiger partial charge in [0.25, 0.3) is 0 Å². The van der Waals surface area contributed by atoms with Crippen molar-refractivity contribution in [1.82, 2.24) is 10.6 Å². The topological polar surface area (TPSA) is 89.8 Å². The average Bonchev–Trinajstić information content (AvgIpc) is 3.43. The highest BCUT2D eigenvalue weighted by atomic mass is 16.5. The maximum absolute atomic E-state index is 13.1. The van der Waals surface area contributed by atoms with Crippen LogP contribution in [0, 0.1) is 0 Å². The summed E-state index contributed by atoms with van der Waals surface area (Å²) >= 11 is 0. The second kappa shape index (κ2) is 8.81. The minimum atomic E-state index is -0.693. The average molecular weight is 422 g/mol. The molecule has 2 unspecified atom stereocenters. The van der Waals surface area contributed by atoms with Crippen LogP contribution in [-0.4, -0.2) is 25.7 Å². The van der Waals surface area contributed by atoms with E-state index in [1.165, 1.54) is 24.5 Å². The van der Waals surface area contributed by atoms with E-state index in [2.05, 4.69) is 22.8 Å². The smallest absolute Gasteiger partial charge is 0.336 e. The number of rotatable bonds is 6. The Hall–Kier alpha value is -3.32. The maximum Gasteiger partial charge on any atom is 0.336 e. The van der Waals surface area contributed by atoms with Gasteiger partial charge in [0.15, 0.2) is 0 Å². The molecule has 1 aromatic carbocycles.